The number of carbonyl (C=O) groups excluding carboxylic acids is 1. The highest BCUT2D eigenvalue weighted by atomic mass is 35.5. The van der Waals surface area contributed by atoms with Crippen LogP contribution in [0.25, 0.3) is 20.8 Å². The van der Waals surface area contributed by atoms with Crippen LogP contribution in [0.15, 0.2) is 30.6 Å². The van der Waals surface area contributed by atoms with Crippen LogP contribution in [-0.4, -0.2) is 27.9 Å². The minimum Gasteiger partial charge on any atom is -0.495 e. The van der Waals surface area contributed by atoms with Crippen LogP contribution in [0.5, 0.6) is 5.75 Å². The number of imidazole rings is 1. The molecule has 0 amide bonds. The van der Waals surface area contributed by atoms with E-state index in [-0.39, 0.29) is 0 Å². The maximum Gasteiger partial charge on any atom is 0.185 e. The van der Waals surface area contributed by atoms with E-state index in [9.17, 15) is 10.1 Å². The highest BCUT2D eigenvalue weighted by Gasteiger charge is 2.18. The molecule has 0 saturated carbocycles. The third kappa shape index (κ3) is 3.37. The summed E-state index contributed by atoms with van der Waals surface area (Å²) in [6.45, 7) is 0. The Balaban J connectivity index is 1.87. The summed E-state index contributed by atoms with van der Waals surface area (Å²) in [5, 5.41) is 13.6. The number of ether oxygens (including phenoxy) is 1. The molecular formula is C20H13Cl2N5O2S. The van der Waals surface area contributed by atoms with Crippen molar-refractivity contribution in [3.05, 3.63) is 52.0 Å². The fraction of sp³-hybridized carbons (Fsp3) is 0.100. The number of carbonyl (C=O) groups is 1. The molecule has 1 N–H and O–H groups in total. The average molecular weight is 458 g/mol. The first-order valence-electron chi connectivity index (χ1n) is 8.56. The number of thiophene rings is 1. The number of halogens is 2. The Bertz CT molecular complexity index is 1340. The predicted molar refractivity (Wildman–Crippen MR) is 118 cm³/mol. The van der Waals surface area contributed by atoms with Crippen LogP contribution >= 0.6 is 34.5 Å². The quantitative estimate of drug-likeness (QED) is 0.401. The number of rotatable bonds is 5. The summed E-state index contributed by atoms with van der Waals surface area (Å²) in [7, 11) is 3.28. The lowest BCUT2D eigenvalue weighted by molar-refractivity contribution is 0.111. The van der Waals surface area contributed by atoms with E-state index in [4.69, 9.17) is 27.9 Å². The second kappa shape index (κ2) is 7.95. The number of nitriles is 1. The van der Waals surface area contributed by atoms with Crippen LogP contribution in [0.4, 0.5) is 11.4 Å². The minimum absolute atomic E-state index is 0.325. The van der Waals surface area contributed by atoms with Gasteiger partial charge in [-0.2, -0.15) is 5.26 Å². The van der Waals surface area contributed by atoms with Gasteiger partial charge in [0.15, 0.2) is 12.1 Å². The topological polar surface area (TPSA) is 92.8 Å². The zero-order valence-corrected chi connectivity index (χ0v) is 18.1. The van der Waals surface area contributed by atoms with Crippen molar-refractivity contribution in [1.82, 2.24) is 14.5 Å². The third-order valence-corrected chi connectivity index (χ3v) is 6.32. The largest absolute Gasteiger partial charge is 0.495 e. The number of anilines is 2. The molecule has 0 spiro atoms. The highest BCUT2D eigenvalue weighted by molar-refractivity contribution is 7.22. The summed E-state index contributed by atoms with van der Waals surface area (Å²) in [6, 6.07) is 7.29. The monoisotopic (exact) mass is 457 g/mol. The molecule has 0 aliphatic heterocycles. The van der Waals surface area contributed by atoms with Gasteiger partial charge in [0.1, 0.15) is 11.8 Å². The van der Waals surface area contributed by atoms with E-state index in [1.165, 1.54) is 24.6 Å². The summed E-state index contributed by atoms with van der Waals surface area (Å²) in [6.07, 6.45) is 3.84. The maximum absolute atomic E-state index is 11.1. The predicted octanol–water partition coefficient (Wildman–Crippen LogP) is 5.44. The molecule has 0 aliphatic carbocycles. The van der Waals surface area contributed by atoms with Crippen molar-refractivity contribution in [3.63, 3.8) is 0 Å². The van der Waals surface area contributed by atoms with Gasteiger partial charge in [-0.1, -0.05) is 23.2 Å². The Hall–Kier alpha value is -3.12. The number of aldehydes is 1. The van der Waals surface area contributed by atoms with Gasteiger partial charge in [-0.25, -0.2) is 4.98 Å². The molecule has 1 aromatic carbocycles. The number of pyridine rings is 1. The summed E-state index contributed by atoms with van der Waals surface area (Å²) in [5.74, 6) is 0.780. The van der Waals surface area contributed by atoms with E-state index < -0.39 is 0 Å². The number of hydrogen-bond donors (Lipinski definition) is 1. The lowest BCUT2D eigenvalue weighted by Crippen LogP contribution is -1.97. The number of hydrogen-bond acceptors (Lipinski definition) is 7. The van der Waals surface area contributed by atoms with Gasteiger partial charge in [0.05, 0.1) is 61.1 Å². The first-order valence-corrected chi connectivity index (χ1v) is 10.1. The first kappa shape index (κ1) is 20.2. The highest BCUT2D eigenvalue weighted by Crippen LogP contribution is 2.41. The van der Waals surface area contributed by atoms with Gasteiger partial charge < -0.3 is 14.6 Å². The van der Waals surface area contributed by atoms with Crippen LogP contribution in [-0.2, 0) is 7.05 Å². The second-order valence-electron chi connectivity index (χ2n) is 6.25. The van der Waals surface area contributed by atoms with Crippen LogP contribution in [0.1, 0.15) is 16.2 Å². The van der Waals surface area contributed by atoms with Crippen LogP contribution in [0.2, 0.25) is 10.0 Å². The van der Waals surface area contributed by atoms with Crippen LogP contribution in [0.3, 0.4) is 0 Å². The molecule has 3 heterocycles. The normalized spacial score (nSPS) is 10.8. The number of aromatic nitrogens is 3. The molecule has 0 radical (unpaired) electrons. The standard InChI is InChI=1S/C20H13Cl2N5O2S/c1-27-15(8-25-18(27)9-28)17-5-14-20(30-17)19(10(6-23)7-24-14)26-13-4-16(29-2)12(22)3-11(13)21/h3-5,7-9H,1-2H3,(H,24,26). The van der Waals surface area contributed by atoms with Crippen molar-refractivity contribution >= 4 is 62.4 Å². The molecule has 0 saturated heterocycles. The molecular weight excluding hydrogens is 445 g/mol. The summed E-state index contributed by atoms with van der Waals surface area (Å²) < 4.78 is 7.74. The lowest BCUT2D eigenvalue weighted by Gasteiger charge is -2.13. The Morgan fingerprint density at radius 3 is 2.70 bits per heavy atom. The van der Waals surface area contributed by atoms with E-state index in [1.807, 2.05) is 6.07 Å². The SMILES string of the molecule is COc1cc(Nc2c(C#N)cnc3cc(-c4cnc(C=O)n4C)sc23)c(Cl)cc1Cl. The fourth-order valence-corrected chi connectivity index (χ4v) is 4.66. The molecule has 4 rings (SSSR count). The number of nitrogens with one attached hydrogen (secondary N) is 1. The molecule has 3 aromatic heterocycles. The second-order valence-corrected chi connectivity index (χ2v) is 8.12. The lowest BCUT2D eigenvalue weighted by atomic mass is 10.2. The molecule has 4 aromatic rings. The fourth-order valence-electron chi connectivity index (χ4n) is 2.99. The molecule has 0 fully saturated rings. The summed E-state index contributed by atoms with van der Waals surface area (Å²) in [4.78, 5) is 20.5. The van der Waals surface area contributed by atoms with Crippen molar-refractivity contribution in [1.29, 1.82) is 5.26 Å². The Kier molecular flexibility index (Phi) is 5.35. The number of methoxy groups -OCH3 is 1. The van der Waals surface area contributed by atoms with Gasteiger partial charge in [-0.15, -0.1) is 11.3 Å². The average Bonchev–Trinajstić information content (AvgIpc) is 3.33. The van der Waals surface area contributed by atoms with Gasteiger partial charge in [0, 0.05) is 19.3 Å². The Morgan fingerprint density at radius 1 is 1.23 bits per heavy atom. The zero-order valence-electron chi connectivity index (χ0n) is 15.7. The van der Waals surface area contributed by atoms with Gasteiger partial charge in [0.2, 0.25) is 0 Å². The smallest absolute Gasteiger partial charge is 0.185 e. The number of benzene rings is 1. The van der Waals surface area contributed by atoms with Gasteiger partial charge >= 0.3 is 0 Å². The molecule has 7 nitrogen and oxygen atoms in total. The molecule has 0 atom stereocenters. The Morgan fingerprint density at radius 2 is 2.03 bits per heavy atom. The van der Waals surface area contributed by atoms with E-state index in [0.717, 1.165) is 15.3 Å². The van der Waals surface area contributed by atoms with Crippen molar-refractivity contribution < 1.29 is 9.53 Å². The van der Waals surface area contributed by atoms with Crippen molar-refractivity contribution in [2.75, 3.05) is 12.4 Å². The van der Waals surface area contributed by atoms with Crippen molar-refractivity contribution in [2.24, 2.45) is 7.05 Å². The van der Waals surface area contributed by atoms with Crippen molar-refractivity contribution in [2.45, 2.75) is 0 Å². The van der Waals surface area contributed by atoms with Crippen molar-refractivity contribution in [3.8, 4) is 22.4 Å². The minimum atomic E-state index is 0.325. The maximum atomic E-state index is 11.1. The van der Waals surface area contributed by atoms with Gasteiger partial charge in [-0.3, -0.25) is 9.78 Å². The molecule has 30 heavy (non-hydrogen) atoms. The summed E-state index contributed by atoms with van der Waals surface area (Å²) in [5.41, 5.74) is 2.95. The van der Waals surface area contributed by atoms with Gasteiger partial charge in [0.25, 0.3) is 0 Å². The van der Waals surface area contributed by atoms with Crippen LogP contribution < -0.4 is 10.1 Å². The van der Waals surface area contributed by atoms with Crippen LogP contribution in [0, 0.1) is 11.3 Å². The molecule has 0 bridgehead atoms. The summed E-state index contributed by atoms with van der Waals surface area (Å²) >= 11 is 13.9. The Labute approximate surface area is 185 Å². The first-order chi connectivity index (χ1) is 14.5. The third-order valence-electron chi connectivity index (χ3n) is 4.55. The molecule has 0 aliphatic rings. The van der Waals surface area contributed by atoms with E-state index in [1.54, 1.807) is 29.9 Å². The van der Waals surface area contributed by atoms with Gasteiger partial charge in [-0.05, 0) is 12.1 Å². The van der Waals surface area contributed by atoms with E-state index in [0.29, 0.717) is 50.4 Å². The zero-order chi connectivity index (χ0) is 21.4. The van der Waals surface area contributed by atoms with E-state index >= 15 is 0 Å². The number of nitrogens with zero attached hydrogens (tertiary/aromatic N) is 4. The number of fused-ring (bicyclic) bond motifs is 1. The molecule has 0 unspecified atom stereocenters. The molecule has 10 heteroatoms. The van der Waals surface area contributed by atoms with E-state index in [2.05, 4.69) is 21.4 Å². The molecule has 150 valence electrons.